The maximum Gasteiger partial charge on any atom is 0.407 e. The van der Waals surface area contributed by atoms with Crippen LogP contribution in [0.15, 0.2) is 30.3 Å². The van der Waals surface area contributed by atoms with Crippen LogP contribution in [-0.2, 0) is 20.8 Å². The maximum absolute atomic E-state index is 11.4. The first-order chi connectivity index (χ1) is 11.9. The van der Waals surface area contributed by atoms with Crippen molar-refractivity contribution in [3.8, 4) is 0 Å². The normalized spacial score (nSPS) is 11.6. The summed E-state index contributed by atoms with van der Waals surface area (Å²) in [6.45, 7) is 9.87. The largest absolute Gasteiger partial charge is 0.444 e. The van der Waals surface area contributed by atoms with Gasteiger partial charge in [-0.2, -0.15) is 0 Å². The minimum absolute atomic E-state index is 0.422. The van der Waals surface area contributed by atoms with E-state index in [2.05, 4.69) is 41.5 Å². The van der Waals surface area contributed by atoms with E-state index in [1.54, 1.807) is 0 Å². The molecule has 1 aromatic rings. The predicted octanol–water partition coefficient (Wildman–Crippen LogP) is 2.68. The van der Waals surface area contributed by atoms with Gasteiger partial charge in [0.2, 0.25) is 0 Å². The molecule has 0 aromatic heterocycles. The molecular weight excluding hydrogens is 320 g/mol. The first-order valence-electron chi connectivity index (χ1n) is 8.71. The van der Waals surface area contributed by atoms with Gasteiger partial charge in [-0.15, -0.1) is 0 Å². The Labute approximate surface area is 151 Å². The molecule has 0 heterocycles. The zero-order valence-corrected chi connectivity index (χ0v) is 15.9. The van der Waals surface area contributed by atoms with Crippen molar-refractivity contribution in [1.29, 1.82) is 0 Å². The van der Waals surface area contributed by atoms with Gasteiger partial charge >= 0.3 is 6.09 Å². The van der Waals surface area contributed by atoms with Gasteiger partial charge in [-0.1, -0.05) is 30.3 Å². The minimum atomic E-state index is -0.480. The molecule has 0 fully saturated rings. The zero-order chi connectivity index (χ0) is 18.5. The summed E-state index contributed by atoms with van der Waals surface area (Å²) in [7, 11) is 2.08. The lowest BCUT2D eigenvalue weighted by atomic mass is 10.2. The first-order valence-corrected chi connectivity index (χ1v) is 8.71. The molecule has 1 aromatic carbocycles. The zero-order valence-electron chi connectivity index (χ0n) is 15.9. The van der Waals surface area contributed by atoms with Gasteiger partial charge in [-0.25, -0.2) is 4.79 Å². The van der Waals surface area contributed by atoms with Gasteiger partial charge in [0.1, 0.15) is 5.60 Å². The monoisotopic (exact) mass is 352 g/mol. The summed E-state index contributed by atoms with van der Waals surface area (Å²) in [5.74, 6) is 0. The molecule has 0 aliphatic carbocycles. The average molecular weight is 352 g/mol. The number of hydrogen-bond acceptors (Lipinski definition) is 5. The molecule has 0 saturated carbocycles. The van der Waals surface area contributed by atoms with E-state index >= 15 is 0 Å². The number of carbonyl (C=O) groups is 1. The molecule has 6 nitrogen and oxygen atoms in total. The molecule has 0 aliphatic rings. The van der Waals surface area contributed by atoms with E-state index in [0.29, 0.717) is 33.0 Å². The Hall–Kier alpha value is -1.63. The summed E-state index contributed by atoms with van der Waals surface area (Å²) in [6.07, 6.45) is -0.422. The Bertz CT molecular complexity index is 474. The highest BCUT2D eigenvalue weighted by molar-refractivity contribution is 5.67. The van der Waals surface area contributed by atoms with E-state index in [1.807, 2.05) is 26.8 Å². The van der Waals surface area contributed by atoms with E-state index in [-0.39, 0.29) is 0 Å². The van der Waals surface area contributed by atoms with Crippen molar-refractivity contribution in [2.24, 2.45) is 0 Å². The third-order valence-corrected chi connectivity index (χ3v) is 3.20. The standard InChI is InChI=1S/C19H32N2O4/c1-19(2,3)25-18(22)20-10-12-23-14-15-24-13-11-21(4)16-17-8-6-5-7-9-17/h5-9H,10-16H2,1-4H3,(H,20,22). The Morgan fingerprint density at radius 3 is 2.32 bits per heavy atom. The number of nitrogens with one attached hydrogen (secondary N) is 1. The van der Waals surface area contributed by atoms with Gasteiger partial charge in [0.15, 0.2) is 0 Å². The van der Waals surface area contributed by atoms with E-state index in [9.17, 15) is 4.79 Å². The fourth-order valence-corrected chi connectivity index (χ4v) is 2.06. The minimum Gasteiger partial charge on any atom is -0.444 e. The second kappa shape index (κ2) is 11.8. The molecule has 25 heavy (non-hydrogen) atoms. The Balaban J connectivity index is 1.91. The van der Waals surface area contributed by atoms with Crippen LogP contribution in [0.2, 0.25) is 0 Å². The van der Waals surface area contributed by atoms with Crippen LogP contribution in [0.5, 0.6) is 0 Å². The number of ether oxygens (including phenoxy) is 3. The van der Waals surface area contributed by atoms with E-state index < -0.39 is 11.7 Å². The molecule has 1 amide bonds. The van der Waals surface area contributed by atoms with Crippen LogP contribution in [0.25, 0.3) is 0 Å². The molecule has 0 radical (unpaired) electrons. The molecule has 0 unspecified atom stereocenters. The van der Waals surface area contributed by atoms with Crippen LogP contribution < -0.4 is 5.32 Å². The van der Waals surface area contributed by atoms with E-state index in [1.165, 1.54) is 5.56 Å². The molecular formula is C19H32N2O4. The Kier molecular flexibility index (Phi) is 10.1. The Morgan fingerprint density at radius 2 is 1.68 bits per heavy atom. The van der Waals surface area contributed by atoms with Crippen LogP contribution in [0.3, 0.4) is 0 Å². The molecule has 142 valence electrons. The van der Waals surface area contributed by atoms with Crippen molar-refractivity contribution in [3.63, 3.8) is 0 Å². The maximum atomic E-state index is 11.4. The second-order valence-corrected chi connectivity index (χ2v) is 6.88. The van der Waals surface area contributed by atoms with Crippen LogP contribution in [0, 0.1) is 0 Å². The van der Waals surface area contributed by atoms with E-state index in [4.69, 9.17) is 14.2 Å². The number of likely N-dealkylation sites (N-methyl/N-ethyl adjacent to an activating group) is 1. The van der Waals surface area contributed by atoms with Gasteiger partial charge < -0.3 is 19.5 Å². The van der Waals surface area contributed by atoms with Gasteiger partial charge in [-0.05, 0) is 33.4 Å². The van der Waals surface area contributed by atoms with Crippen molar-refractivity contribution < 1.29 is 19.0 Å². The van der Waals surface area contributed by atoms with Crippen molar-refractivity contribution in [2.45, 2.75) is 32.9 Å². The molecule has 0 atom stereocenters. The van der Waals surface area contributed by atoms with Crippen molar-refractivity contribution >= 4 is 6.09 Å². The smallest absolute Gasteiger partial charge is 0.407 e. The lowest BCUT2D eigenvalue weighted by molar-refractivity contribution is 0.0356. The topological polar surface area (TPSA) is 60.0 Å². The molecule has 1 N–H and O–H groups in total. The lowest BCUT2D eigenvalue weighted by Crippen LogP contribution is -2.34. The van der Waals surface area contributed by atoms with Gasteiger partial charge in [0.05, 0.1) is 26.4 Å². The van der Waals surface area contributed by atoms with Crippen molar-refractivity contribution in [3.05, 3.63) is 35.9 Å². The van der Waals surface area contributed by atoms with Crippen molar-refractivity contribution in [2.75, 3.05) is 46.6 Å². The fraction of sp³-hybridized carbons (Fsp3) is 0.632. The van der Waals surface area contributed by atoms with Crippen LogP contribution in [0.4, 0.5) is 4.79 Å². The van der Waals surface area contributed by atoms with E-state index in [0.717, 1.165) is 13.1 Å². The van der Waals surface area contributed by atoms with Gasteiger partial charge in [0, 0.05) is 19.6 Å². The predicted molar refractivity (Wildman–Crippen MR) is 98.7 cm³/mol. The third-order valence-electron chi connectivity index (χ3n) is 3.20. The summed E-state index contributed by atoms with van der Waals surface area (Å²) in [6, 6.07) is 10.4. The number of benzene rings is 1. The molecule has 6 heteroatoms. The number of alkyl carbamates (subject to hydrolysis) is 1. The molecule has 0 bridgehead atoms. The molecule has 0 saturated heterocycles. The SMILES string of the molecule is CN(CCOCCOCCNC(=O)OC(C)(C)C)Cc1ccccc1. The Morgan fingerprint density at radius 1 is 1.04 bits per heavy atom. The lowest BCUT2D eigenvalue weighted by Gasteiger charge is -2.19. The number of amides is 1. The number of hydrogen-bond donors (Lipinski definition) is 1. The summed E-state index contributed by atoms with van der Waals surface area (Å²) >= 11 is 0. The average Bonchev–Trinajstić information content (AvgIpc) is 2.52. The molecule has 0 spiro atoms. The highest BCUT2D eigenvalue weighted by Gasteiger charge is 2.15. The number of rotatable bonds is 11. The fourth-order valence-electron chi connectivity index (χ4n) is 2.06. The summed E-state index contributed by atoms with van der Waals surface area (Å²) in [4.78, 5) is 13.6. The first kappa shape index (κ1) is 21.4. The summed E-state index contributed by atoms with van der Waals surface area (Å²) in [5.41, 5.74) is 0.817. The number of nitrogens with zero attached hydrogens (tertiary/aromatic N) is 1. The quantitative estimate of drug-likeness (QED) is 0.621. The number of carbonyl (C=O) groups excluding carboxylic acids is 1. The highest BCUT2D eigenvalue weighted by Crippen LogP contribution is 2.06. The van der Waals surface area contributed by atoms with Gasteiger partial charge in [-0.3, -0.25) is 4.90 Å². The third kappa shape index (κ3) is 12.4. The summed E-state index contributed by atoms with van der Waals surface area (Å²) in [5, 5.41) is 2.65. The van der Waals surface area contributed by atoms with Crippen LogP contribution in [0.1, 0.15) is 26.3 Å². The van der Waals surface area contributed by atoms with Gasteiger partial charge in [0.25, 0.3) is 0 Å². The van der Waals surface area contributed by atoms with Crippen LogP contribution in [-0.4, -0.2) is 63.2 Å². The molecule has 0 aliphatic heterocycles. The van der Waals surface area contributed by atoms with Crippen molar-refractivity contribution in [1.82, 2.24) is 10.2 Å². The van der Waals surface area contributed by atoms with Crippen LogP contribution >= 0.6 is 0 Å². The highest BCUT2D eigenvalue weighted by atomic mass is 16.6. The second-order valence-electron chi connectivity index (χ2n) is 6.88. The summed E-state index contributed by atoms with van der Waals surface area (Å²) < 4.78 is 16.1. The molecule has 1 rings (SSSR count).